The van der Waals surface area contributed by atoms with E-state index in [0.717, 1.165) is 11.1 Å². The Bertz CT molecular complexity index is 2980. The number of methoxy groups -OCH3 is 3. The number of anilines is 3. The zero-order chi connectivity index (χ0) is 52.0. The second-order valence-electron chi connectivity index (χ2n) is 19.8. The number of alkyl halides is 3. The fraction of sp³-hybridized carbons (Fsp3) is 0.415. The van der Waals surface area contributed by atoms with E-state index in [4.69, 9.17) is 54.7 Å². The predicted molar refractivity (Wildman–Crippen MR) is 266 cm³/mol. The molecular weight excluding hydrogens is 974 g/mol. The summed E-state index contributed by atoms with van der Waals surface area (Å²) >= 11 is 7.24. The third kappa shape index (κ3) is 10.4. The van der Waals surface area contributed by atoms with Crippen LogP contribution in [0.15, 0.2) is 72.9 Å². The molecule has 1 aliphatic carbocycles. The highest BCUT2D eigenvalue weighted by Crippen LogP contribution is 2.58. The number of carbonyl (C=O) groups is 1. The van der Waals surface area contributed by atoms with Gasteiger partial charge in [-0.05, 0) is 101 Å². The maximum Gasteiger partial charge on any atom is 0.418 e. The highest BCUT2D eigenvalue weighted by atomic mass is 35.5. The Morgan fingerprint density at radius 3 is 2.21 bits per heavy atom. The Balaban J connectivity index is 1.21. The highest BCUT2D eigenvalue weighted by Gasteiger charge is 2.63. The van der Waals surface area contributed by atoms with E-state index in [1.54, 1.807) is 88.3 Å². The van der Waals surface area contributed by atoms with Crippen molar-refractivity contribution in [3.63, 3.8) is 0 Å². The van der Waals surface area contributed by atoms with Gasteiger partial charge in [0.05, 0.1) is 67.2 Å². The van der Waals surface area contributed by atoms with Crippen molar-refractivity contribution in [2.45, 2.75) is 84.0 Å². The van der Waals surface area contributed by atoms with Gasteiger partial charge in [-0.1, -0.05) is 41.9 Å². The summed E-state index contributed by atoms with van der Waals surface area (Å²) in [5.41, 5.74) is -2.84. The number of carbonyl (C=O) groups excluding carboxylic acids is 1. The summed E-state index contributed by atoms with van der Waals surface area (Å²) in [5, 5.41) is 2.25. The van der Waals surface area contributed by atoms with E-state index in [1.807, 2.05) is 31.2 Å². The van der Waals surface area contributed by atoms with E-state index in [9.17, 15) is 4.79 Å². The van der Waals surface area contributed by atoms with Crippen molar-refractivity contribution in [3.8, 4) is 34.5 Å². The summed E-state index contributed by atoms with van der Waals surface area (Å²) < 4.78 is 106. The molecule has 1 amide bonds. The van der Waals surface area contributed by atoms with Crippen molar-refractivity contribution in [3.05, 3.63) is 112 Å². The van der Waals surface area contributed by atoms with Crippen LogP contribution in [0.25, 0.3) is 22.2 Å². The van der Waals surface area contributed by atoms with Gasteiger partial charge in [-0.3, -0.25) is 5.32 Å². The number of ether oxygens (including phenoxy) is 7. The smallest absolute Gasteiger partial charge is 0.418 e. The number of nitrogens with zero attached hydrogens (tertiary/aromatic N) is 6. The Labute approximate surface area is 425 Å². The first-order valence-electron chi connectivity index (χ1n) is 23.7. The van der Waals surface area contributed by atoms with Crippen molar-refractivity contribution in [1.29, 1.82) is 0 Å². The number of halogens is 5. The number of aromatic nitrogens is 4. The number of hydrogen-bond acceptors (Lipinski definition) is 14. The topological polar surface area (TPSA) is 152 Å². The monoisotopic (exact) mass is 1030 g/mol. The number of amides is 1. The molecule has 3 aromatic heterocycles. The predicted octanol–water partition coefficient (Wildman–Crippen LogP) is 11.3. The van der Waals surface area contributed by atoms with Gasteiger partial charge in [0.1, 0.15) is 58.9 Å². The lowest BCUT2D eigenvalue weighted by Gasteiger charge is -2.43. The van der Waals surface area contributed by atoms with Crippen LogP contribution in [0.5, 0.6) is 23.3 Å². The Hall–Kier alpha value is -6.70. The molecule has 3 aliphatic heterocycles. The average molecular weight is 1030 g/mol. The van der Waals surface area contributed by atoms with Crippen LogP contribution in [0.1, 0.15) is 74.4 Å². The van der Waals surface area contributed by atoms with Gasteiger partial charge in [0, 0.05) is 37.4 Å². The van der Waals surface area contributed by atoms with Crippen LogP contribution in [0.4, 0.5) is 39.8 Å². The molecular formula is C53H56ClF4N7O8. The van der Waals surface area contributed by atoms with Crippen molar-refractivity contribution in [2.75, 3.05) is 69.4 Å². The molecule has 1 saturated carbocycles. The summed E-state index contributed by atoms with van der Waals surface area (Å²) in [4.78, 5) is 35.3. The molecule has 6 aromatic rings. The zero-order valence-electron chi connectivity index (χ0n) is 41.7. The van der Waals surface area contributed by atoms with Crippen LogP contribution in [-0.2, 0) is 33.5 Å². The summed E-state index contributed by atoms with van der Waals surface area (Å²) in [6, 6.07) is 18.3. The summed E-state index contributed by atoms with van der Waals surface area (Å²) in [7, 11) is 4.73. The zero-order valence-corrected chi connectivity index (χ0v) is 42.5. The molecule has 6 heterocycles. The van der Waals surface area contributed by atoms with E-state index in [-0.39, 0.29) is 78.4 Å². The molecule has 0 unspecified atom stereocenters. The molecule has 1 N–H and O–H groups in total. The Morgan fingerprint density at radius 2 is 1.60 bits per heavy atom. The minimum atomic E-state index is -5.03. The minimum absolute atomic E-state index is 0.00378. The van der Waals surface area contributed by atoms with Crippen molar-refractivity contribution >= 4 is 46.1 Å². The summed E-state index contributed by atoms with van der Waals surface area (Å²) in [6.45, 7) is 9.67. The third-order valence-corrected chi connectivity index (χ3v) is 13.6. The SMILES string of the molecule is COCC12COC(COc3nc4c5c(c(Cl)c(-c6nc(N(Cc7ccc(OC)cc7)Cc7ccc(OC)cc7)cc(C)c6C(F)(F)F)c(F)c5n3)OCCN4[C@H](C)c3cccnc3NC(=O)OC(C)(C)C)(C1)C2. The first kappa shape index (κ1) is 51.2. The van der Waals surface area contributed by atoms with Gasteiger partial charge in [0.25, 0.3) is 0 Å². The lowest BCUT2D eigenvalue weighted by atomic mass is 9.63. The van der Waals surface area contributed by atoms with Gasteiger partial charge in [-0.2, -0.15) is 23.1 Å². The largest absolute Gasteiger partial charge is 0.497 e. The molecule has 10 rings (SSSR count). The van der Waals surface area contributed by atoms with E-state index in [1.165, 1.54) is 19.2 Å². The molecule has 4 aliphatic rings. The molecule has 1 atom stereocenters. The van der Waals surface area contributed by atoms with Crippen LogP contribution in [0.2, 0.25) is 5.02 Å². The maximum atomic E-state index is 18.2. The van der Waals surface area contributed by atoms with E-state index < -0.39 is 62.7 Å². The number of pyridine rings is 2. The molecule has 3 fully saturated rings. The van der Waals surface area contributed by atoms with Crippen molar-refractivity contribution < 1.29 is 55.5 Å². The third-order valence-electron chi connectivity index (χ3n) is 13.3. The molecule has 20 heteroatoms. The van der Waals surface area contributed by atoms with Crippen LogP contribution < -0.4 is 34.1 Å². The van der Waals surface area contributed by atoms with Crippen LogP contribution in [-0.4, -0.2) is 91.5 Å². The molecule has 0 spiro atoms. The molecule has 2 saturated heterocycles. The molecule has 3 aromatic carbocycles. The quantitative estimate of drug-likeness (QED) is 0.0915. The van der Waals surface area contributed by atoms with Gasteiger partial charge < -0.3 is 43.0 Å². The molecule has 73 heavy (non-hydrogen) atoms. The van der Waals surface area contributed by atoms with E-state index >= 15 is 17.6 Å². The van der Waals surface area contributed by atoms with Crippen LogP contribution in [0, 0.1) is 18.2 Å². The second-order valence-corrected chi connectivity index (χ2v) is 20.2. The summed E-state index contributed by atoms with van der Waals surface area (Å²) in [6.07, 6.45) is -2.96. The number of aryl methyl sites for hydroxylation is 1. The highest BCUT2D eigenvalue weighted by molar-refractivity contribution is 6.36. The number of rotatable bonds is 16. The molecule has 0 radical (unpaired) electrons. The number of nitrogens with one attached hydrogen (secondary N) is 1. The summed E-state index contributed by atoms with van der Waals surface area (Å²) in [5.74, 6) is 0.262. The normalized spacial score (nSPS) is 18.6. The first-order valence-corrected chi connectivity index (χ1v) is 24.0. The van der Waals surface area contributed by atoms with E-state index in [0.29, 0.717) is 43.1 Å². The van der Waals surface area contributed by atoms with Gasteiger partial charge in [0.15, 0.2) is 11.6 Å². The number of hydrogen-bond donors (Lipinski definition) is 1. The lowest BCUT2D eigenvalue weighted by molar-refractivity contribution is -0.137. The minimum Gasteiger partial charge on any atom is -0.497 e. The lowest BCUT2D eigenvalue weighted by Crippen LogP contribution is -2.50. The van der Waals surface area contributed by atoms with E-state index in [2.05, 4.69) is 15.3 Å². The van der Waals surface area contributed by atoms with Crippen molar-refractivity contribution in [1.82, 2.24) is 19.9 Å². The fourth-order valence-corrected chi connectivity index (χ4v) is 10.4. The first-order chi connectivity index (χ1) is 34.7. The molecule has 15 nitrogen and oxygen atoms in total. The second kappa shape index (κ2) is 20.0. The molecule has 386 valence electrons. The van der Waals surface area contributed by atoms with Gasteiger partial charge in [-0.25, -0.2) is 19.2 Å². The fourth-order valence-electron chi connectivity index (χ4n) is 10.1. The van der Waals surface area contributed by atoms with Crippen LogP contribution in [0.3, 0.4) is 0 Å². The molecule has 2 bridgehead atoms. The maximum absolute atomic E-state index is 18.2. The van der Waals surface area contributed by atoms with Gasteiger partial charge >= 0.3 is 18.3 Å². The average Bonchev–Trinajstić information content (AvgIpc) is 3.80. The van der Waals surface area contributed by atoms with Gasteiger partial charge in [0.2, 0.25) is 0 Å². The van der Waals surface area contributed by atoms with Crippen molar-refractivity contribution in [2.24, 2.45) is 5.41 Å². The Morgan fingerprint density at radius 1 is 0.945 bits per heavy atom. The Kier molecular flexibility index (Phi) is 14.0. The van der Waals surface area contributed by atoms with Crippen LogP contribution >= 0.6 is 11.6 Å². The standard InChI is InChI=1S/C53H56ClF4N7O8/c1-30-22-37(64(23-32-11-15-34(68-7)16-12-32)24-33-13-17-35(69-8)18-14-33)60-43(40(30)53(56,57)58)38-41(54)45-39-44(42(38)55)61-48(71-29-52-25-51(26-52,27-67-6)28-72-52)63-47(39)65(20-21-70-45)31(2)36-10-9-19-59-46(36)62-49(66)73-50(3,4)5/h9-19,22,31H,20-21,23-29H2,1-8H3,(H,59,62,66)/t31-,51?,52?/m1/s1. The van der Waals surface area contributed by atoms with Gasteiger partial charge in [-0.15, -0.1) is 0 Å². The number of benzene rings is 3. The number of fused-ring (bicyclic) bond motifs is 1.